The fraction of sp³-hybridized carbons (Fsp3) is 0.0385. The molecule has 0 aliphatic carbocycles. The van der Waals surface area contributed by atoms with Crippen molar-refractivity contribution in [2.24, 2.45) is 0 Å². The molecule has 0 spiro atoms. The number of benzene rings is 3. The van der Waals surface area contributed by atoms with Crippen LogP contribution in [0.2, 0.25) is 0 Å². The molecule has 5 aromatic rings. The first kappa shape index (κ1) is 22.3. The molecular weight excluding hydrogens is 460 g/mol. The zero-order valence-electron chi connectivity index (χ0n) is 18.8. The van der Waals surface area contributed by atoms with Gasteiger partial charge in [-0.1, -0.05) is 42.5 Å². The van der Waals surface area contributed by atoms with Crippen LogP contribution in [0.15, 0.2) is 109 Å². The Labute approximate surface area is 203 Å². The largest absolute Gasteiger partial charge is 0.340 e. The molecule has 2 N–H and O–H groups in total. The molecule has 9 heteroatoms. The molecular formula is C26H22N6O2S. The Morgan fingerprint density at radius 1 is 0.771 bits per heavy atom. The monoisotopic (exact) mass is 482 g/mol. The minimum Gasteiger partial charge on any atom is -0.340 e. The predicted molar refractivity (Wildman–Crippen MR) is 136 cm³/mol. The second kappa shape index (κ2) is 9.40. The summed E-state index contributed by atoms with van der Waals surface area (Å²) in [7, 11) is -3.72. The van der Waals surface area contributed by atoms with Gasteiger partial charge in [0.15, 0.2) is 0 Å². The van der Waals surface area contributed by atoms with Gasteiger partial charge in [0, 0.05) is 29.8 Å². The van der Waals surface area contributed by atoms with Gasteiger partial charge in [-0.3, -0.25) is 9.29 Å². The summed E-state index contributed by atoms with van der Waals surface area (Å²) in [4.78, 5) is 13.0. The summed E-state index contributed by atoms with van der Waals surface area (Å²) in [5, 5.41) is 3.21. The van der Waals surface area contributed by atoms with Crippen LogP contribution in [-0.2, 0) is 10.0 Å². The summed E-state index contributed by atoms with van der Waals surface area (Å²) in [5.41, 5.74) is 3.20. The van der Waals surface area contributed by atoms with E-state index in [2.05, 4.69) is 25.0 Å². The van der Waals surface area contributed by atoms with Gasteiger partial charge in [-0.15, -0.1) is 0 Å². The number of hydrogen-bond donors (Lipinski definition) is 2. The van der Waals surface area contributed by atoms with Gasteiger partial charge in [-0.2, -0.15) is 0 Å². The molecule has 0 unspecified atom stereocenters. The first-order chi connectivity index (χ1) is 17.0. The number of rotatable bonds is 7. The molecule has 0 fully saturated rings. The van der Waals surface area contributed by atoms with Crippen molar-refractivity contribution in [3.05, 3.63) is 109 Å². The third-order valence-corrected chi connectivity index (χ3v) is 6.80. The molecule has 174 valence electrons. The molecule has 0 bridgehead atoms. The van der Waals surface area contributed by atoms with Crippen LogP contribution in [0.1, 0.15) is 5.82 Å². The van der Waals surface area contributed by atoms with Crippen LogP contribution in [0.4, 0.5) is 17.2 Å². The standard InChI is InChI=1S/C26H22N6O2S/c1-19-27-15-16-32(19)26-17-25(28-18-29-26)30-22-9-11-23(12-10-22)31-35(33,34)24-13-7-21(8-14-24)20-5-3-2-4-6-20/h2-18,31H,1H3,(H,28,29,30). The Balaban J connectivity index is 1.27. The van der Waals surface area contributed by atoms with Crippen LogP contribution in [-0.4, -0.2) is 27.9 Å². The van der Waals surface area contributed by atoms with Crippen LogP contribution in [0.25, 0.3) is 16.9 Å². The van der Waals surface area contributed by atoms with Gasteiger partial charge in [-0.05, 0) is 54.4 Å². The number of aromatic nitrogens is 4. The molecule has 2 aromatic heterocycles. The molecule has 3 aromatic carbocycles. The first-order valence-corrected chi connectivity index (χ1v) is 12.3. The first-order valence-electron chi connectivity index (χ1n) is 10.9. The van der Waals surface area contributed by atoms with Gasteiger partial charge in [-0.25, -0.2) is 23.4 Å². The van der Waals surface area contributed by atoms with Crippen LogP contribution in [0.5, 0.6) is 0 Å². The second-order valence-electron chi connectivity index (χ2n) is 7.80. The molecule has 0 atom stereocenters. The molecule has 2 heterocycles. The Hall–Kier alpha value is -4.50. The maximum atomic E-state index is 12.9. The van der Waals surface area contributed by atoms with Gasteiger partial charge in [0.05, 0.1) is 4.90 Å². The second-order valence-corrected chi connectivity index (χ2v) is 9.49. The molecule has 8 nitrogen and oxygen atoms in total. The average Bonchev–Trinajstić information content (AvgIpc) is 3.32. The summed E-state index contributed by atoms with van der Waals surface area (Å²) in [5.74, 6) is 2.12. The smallest absolute Gasteiger partial charge is 0.261 e. The normalized spacial score (nSPS) is 11.2. The topological polar surface area (TPSA) is 102 Å². The van der Waals surface area contributed by atoms with Crippen LogP contribution < -0.4 is 10.0 Å². The van der Waals surface area contributed by atoms with Crippen molar-refractivity contribution in [2.45, 2.75) is 11.8 Å². The van der Waals surface area contributed by atoms with Gasteiger partial charge in [0.25, 0.3) is 10.0 Å². The van der Waals surface area contributed by atoms with Crippen molar-refractivity contribution >= 4 is 27.2 Å². The van der Waals surface area contributed by atoms with Crippen molar-refractivity contribution in [3.63, 3.8) is 0 Å². The molecule has 0 saturated carbocycles. The van der Waals surface area contributed by atoms with E-state index in [1.165, 1.54) is 6.33 Å². The lowest BCUT2D eigenvalue weighted by atomic mass is 10.1. The average molecular weight is 483 g/mol. The van der Waals surface area contributed by atoms with Gasteiger partial charge in [0.1, 0.15) is 23.8 Å². The summed E-state index contributed by atoms with van der Waals surface area (Å²) < 4.78 is 30.2. The van der Waals surface area contributed by atoms with Gasteiger partial charge >= 0.3 is 0 Å². The van der Waals surface area contributed by atoms with E-state index >= 15 is 0 Å². The lowest BCUT2D eigenvalue weighted by molar-refractivity contribution is 0.601. The summed E-state index contributed by atoms with van der Waals surface area (Å²) >= 11 is 0. The molecule has 0 amide bonds. The quantitative estimate of drug-likeness (QED) is 0.331. The van der Waals surface area contributed by atoms with E-state index in [9.17, 15) is 8.42 Å². The summed E-state index contributed by atoms with van der Waals surface area (Å²) in [6, 6.07) is 25.4. The molecule has 0 radical (unpaired) electrons. The number of imidazole rings is 1. The highest BCUT2D eigenvalue weighted by Crippen LogP contribution is 2.24. The van der Waals surface area contributed by atoms with E-state index < -0.39 is 10.0 Å². The van der Waals surface area contributed by atoms with E-state index in [0.717, 1.165) is 22.6 Å². The third-order valence-electron chi connectivity index (χ3n) is 5.41. The zero-order chi connectivity index (χ0) is 24.3. The number of nitrogens with one attached hydrogen (secondary N) is 2. The van der Waals surface area contributed by atoms with Crippen molar-refractivity contribution in [1.82, 2.24) is 19.5 Å². The highest BCUT2D eigenvalue weighted by atomic mass is 32.2. The summed E-state index contributed by atoms with van der Waals surface area (Å²) in [6.45, 7) is 1.90. The fourth-order valence-corrected chi connectivity index (χ4v) is 4.67. The maximum absolute atomic E-state index is 12.9. The fourth-order valence-electron chi connectivity index (χ4n) is 3.61. The lowest BCUT2D eigenvalue weighted by Crippen LogP contribution is -2.12. The molecule has 0 saturated heterocycles. The van der Waals surface area contributed by atoms with Crippen molar-refractivity contribution in [2.75, 3.05) is 10.0 Å². The minimum absolute atomic E-state index is 0.197. The van der Waals surface area contributed by atoms with E-state index in [-0.39, 0.29) is 4.90 Å². The van der Waals surface area contributed by atoms with Crippen molar-refractivity contribution < 1.29 is 8.42 Å². The molecule has 35 heavy (non-hydrogen) atoms. The SMILES string of the molecule is Cc1nccn1-c1cc(Nc2ccc(NS(=O)(=O)c3ccc(-c4ccccc4)cc3)cc2)ncn1. The maximum Gasteiger partial charge on any atom is 0.261 e. The van der Waals surface area contributed by atoms with Crippen molar-refractivity contribution in [1.29, 1.82) is 0 Å². The van der Waals surface area contributed by atoms with Crippen molar-refractivity contribution in [3.8, 4) is 16.9 Å². The minimum atomic E-state index is -3.72. The molecule has 0 aliphatic rings. The lowest BCUT2D eigenvalue weighted by Gasteiger charge is -2.11. The Kier molecular flexibility index (Phi) is 5.99. The Bertz CT molecular complexity index is 1550. The van der Waals surface area contributed by atoms with E-state index in [1.54, 1.807) is 54.7 Å². The number of nitrogens with zero attached hydrogens (tertiary/aromatic N) is 4. The number of sulfonamides is 1. The molecule has 0 aliphatic heterocycles. The van der Waals surface area contributed by atoms with Crippen LogP contribution in [0, 0.1) is 6.92 Å². The van der Waals surface area contributed by atoms with E-state index in [0.29, 0.717) is 17.3 Å². The Morgan fingerprint density at radius 2 is 1.46 bits per heavy atom. The number of anilines is 3. The van der Waals surface area contributed by atoms with Crippen LogP contribution >= 0.6 is 0 Å². The highest BCUT2D eigenvalue weighted by Gasteiger charge is 2.14. The predicted octanol–water partition coefficient (Wildman–Crippen LogP) is 5.18. The third kappa shape index (κ3) is 5.04. The van der Waals surface area contributed by atoms with Crippen LogP contribution in [0.3, 0.4) is 0 Å². The van der Waals surface area contributed by atoms with Gasteiger partial charge < -0.3 is 5.32 Å². The zero-order valence-corrected chi connectivity index (χ0v) is 19.6. The highest BCUT2D eigenvalue weighted by molar-refractivity contribution is 7.92. The van der Waals surface area contributed by atoms with E-state index in [1.807, 2.05) is 54.1 Å². The Morgan fingerprint density at radius 3 is 2.14 bits per heavy atom. The van der Waals surface area contributed by atoms with Gasteiger partial charge in [0.2, 0.25) is 0 Å². The number of hydrogen-bond acceptors (Lipinski definition) is 6. The molecule has 5 rings (SSSR count). The van der Waals surface area contributed by atoms with E-state index in [4.69, 9.17) is 0 Å². The number of aryl methyl sites for hydroxylation is 1. The summed E-state index contributed by atoms with van der Waals surface area (Å²) in [6.07, 6.45) is 5.02.